The Bertz CT molecular complexity index is 351. The van der Waals surface area contributed by atoms with Crippen LogP contribution >= 0.6 is 0 Å². The maximum atomic E-state index is 13.6. The molecule has 0 bridgehead atoms. The molecule has 2 atom stereocenters. The van der Waals surface area contributed by atoms with Gasteiger partial charge in [-0.3, -0.25) is 0 Å². The molecular weight excluding hydrogens is 195 g/mol. The average Bonchev–Trinajstić information content (AvgIpc) is 2.17. The molecule has 1 N–H and O–H groups in total. The lowest BCUT2D eigenvalue weighted by Crippen LogP contribution is -2.24. The van der Waals surface area contributed by atoms with Crippen LogP contribution in [-0.4, -0.2) is 17.8 Å². The second kappa shape index (κ2) is 4.29. The van der Waals surface area contributed by atoms with Crippen molar-refractivity contribution in [1.29, 1.82) is 0 Å². The lowest BCUT2D eigenvalue weighted by atomic mass is 9.98. The maximum Gasteiger partial charge on any atom is 0.129 e. The van der Waals surface area contributed by atoms with Crippen molar-refractivity contribution in [3.8, 4) is 0 Å². The Balaban J connectivity index is 2.21. The molecule has 1 aromatic rings. The molecule has 1 saturated heterocycles. The van der Waals surface area contributed by atoms with Crippen molar-refractivity contribution in [3.05, 3.63) is 35.1 Å². The van der Waals surface area contributed by atoms with E-state index in [9.17, 15) is 9.50 Å². The van der Waals surface area contributed by atoms with E-state index in [0.29, 0.717) is 25.0 Å². The third-order valence-corrected chi connectivity index (χ3v) is 2.76. The summed E-state index contributed by atoms with van der Waals surface area (Å²) in [5.41, 5.74) is 1.45. The molecule has 0 spiro atoms. The third-order valence-electron chi connectivity index (χ3n) is 2.76. The van der Waals surface area contributed by atoms with E-state index in [0.717, 1.165) is 5.56 Å². The number of rotatable bonds is 1. The van der Waals surface area contributed by atoms with Gasteiger partial charge in [0.1, 0.15) is 5.82 Å². The average molecular weight is 210 g/mol. The molecule has 0 saturated carbocycles. The number of hydrogen-bond donors (Lipinski definition) is 1. The Hall–Kier alpha value is -0.930. The Kier molecular flexibility index (Phi) is 3.03. The van der Waals surface area contributed by atoms with Gasteiger partial charge in [0.2, 0.25) is 0 Å². The number of benzene rings is 1. The molecule has 0 aromatic heterocycles. The molecule has 0 amide bonds. The van der Waals surface area contributed by atoms with Crippen LogP contribution in [0.5, 0.6) is 0 Å². The van der Waals surface area contributed by atoms with Gasteiger partial charge in [0.15, 0.2) is 0 Å². The van der Waals surface area contributed by atoms with Crippen LogP contribution < -0.4 is 0 Å². The van der Waals surface area contributed by atoms with E-state index >= 15 is 0 Å². The fourth-order valence-corrected chi connectivity index (χ4v) is 1.89. The van der Waals surface area contributed by atoms with Crippen molar-refractivity contribution in [1.82, 2.24) is 0 Å². The van der Waals surface area contributed by atoms with E-state index < -0.39 is 0 Å². The minimum absolute atomic E-state index is 0.242. The van der Waals surface area contributed by atoms with E-state index in [1.54, 1.807) is 6.07 Å². The summed E-state index contributed by atoms with van der Waals surface area (Å²) in [4.78, 5) is 0. The first-order valence-electron chi connectivity index (χ1n) is 5.22. The van der Waals surface area contributed by atoms with E-state index in [2.05, 4.69) is 0 Å². The zero-order chi connectivity index (χ0) is 10.8. The standard InChI is InChI=1S/C12H15FO2/c1-8-2-3-10(11(13)6-8)12-7-9(14)4-5-15-12/h2-3,6,9,12,14H,4-5,7H2,1H3. The fourth-order valence-electron chi connectivity index (χ4n) is 1.89. The van der Waals surface area contributed by atoms with Gasteiger partial charge in [-0.05, 0) is 25.0 Å². The molecule has 0 radical (unpaired) electrons. The highest BCUT2D eigenvalue weighted by Crippen LogP contribution is 2.30. The summed E-state index contributed by atoms with van der Waals surface area (Å²) >= 11 is 0. The van der Waals surface area contributed by atoms with Gasteiger partial charge < -0.3 is 9.84 Å². The van der Waals surface area contributed by atoms with Crippen LogP contribution in [0, 0.1) is 12.7 Å². The lowest BCUT2D eigenvalue weighted by molar-refractivity contribution is -0.0461. The first-order valence-corrected chi connectivity index (χ1v) is 5.22. The van der Waals surface area contributed by atoms with Gasteiger partial charge in [0, 0.05) is 18.6 Å². The number of halogens is 1. The predicted molar refractivity (Wildman–Crippen MR) is 55.1 cm³/mol. The Morgan fingerprint density at radius 1 is 1.47 bits per heavy atom. The second-order valence-electron chi connectivity index (χ2n) is 4.06. The molecule has 82 valence electrons. The summed E-state index contributed by atoms with van der Waals surface area (Å²) < 4.78 is 19.1. The molecule has 1 aliphatic heterocycles. The lowest BCUT2D eigenvalue weighted by Gasteiger charge is -2.27. The summed E-state index contributed by atoms with van der Waals surface area (Å²) in [6.07, 6.45) is 0.461. The predicted octanol–water partition coefficient (Wildman–Crippen LogP) is 2.35. The Labute approximate surface area is 88.7 Å². The zero-order valence-corrected chi connectivity index (χ0v) is 8.74. The normalized spacial score (nSPS) is 26.6. The van der Waals surface area contributed by atoms with E-state index in [-0.39, 0.29) is 18.0 Å². The van der Waals surface area contributed by atoms with E-state index in [1.165, 1.54) is 6.07 Å². The number of aliphatic hydroxyl groups excluding tert-OH is 1. The highest BCUT2D eigenvalue weighted by molar-refractivity contribution is 5.25. The zero-order valence-electron chi connectivity index (χ0n) is 8.74. The largest absolute Gasteiger partial charge is 0.393 e. The molecule has 1 fully saturated rings. The van der Waals surface area contributed by atoms with Gasteiger partial charge in [-0.2, -0.15) is 0 Å². The maximum absolute atomic E-state index is 13.6. The minimum Gasteiger partial charge on any atom is -0.393 e. The van der Waals surface area contributed by atoms with Crippen molar-refractivity contribution in [2.24, 2.45) is 0 Å². The first-order chi connectivity index (χ1) is 7.16. The number of hydrogen-bond acceptors (Lipinski definition) is 2. The summed E-state index contributed by atoms with van der Waals surface area (Å²) in [6, 6.07) is 5.11. The van der Waals surface area contributed by atoms with Gasteiger partial charge >= 0.3 is 0 Å². The molecule has 1 aliphatic rings. The van der Waals surface area contributed by atoms with Gasteiger partial charge in [-0.15, -0.1) is 0 Å². The fraction of sp³-hybridized carbons (Fsp3) is 0.500. The van der Waals surface area contributed by atoms with Gasteiger partial charge in [-0.1, -0.05) is 12.1 Å². The van der Waals surface area contributed by atoms with Crippen molar-refractivity contribution < 1.29 is 14.2 Å². The molecule has 1 heterocycles. The van der Waals surface area contributed by atoms with Crippen LogP contribution in [0.1, 0.15) is 30.1 Å². The quantitative estimate of drug-likeness (QED) is 0.771. The summed E-state index contributed by atoms with van der Waals surface area (Å²) in [7, 11) is 0. The highest BCUT2D eigenvalue weighted by Gasteiger charge is 2.24. The third kappa shape index (κ3) is 2.36. The number of aliphatic hydroxyl groups is 1. The van der Waals surface area contributed by atoms with Crippen LogP contribution in [0.4, 0.5) is 4.39 Å². The van der Waals surface area contributed by atoms with Crippen LogP contribution in [0.25, 0.3) is 0 Å². The minimum atomic E-state index is -0.371. The number of ether oxygens (including phenoxy) is 1. The summed E-state index contributed by atoms with van der Waals surface area (Å²) in [6.45, 7) is 2.35. The van der Waals surface area contributed by atoms with Crippen LogP contribution in [0.15, 0.2) is 18.2 Å². The smallest absolute Gasteiger partial charge is 0.129 e. The molecule has 15 heavy (non-hydrogen) atoms. The van der Waals surface area contributed by atoms with Crippen molar-refractivity contribution in [2.45, 2.75) is 32.0 Å². The Morgan fingerprint density at radius 2 is 2.27 bits per heavy atom. The van der Waals surface area contributed by atoms with E-state index in [4.69, 9.17) is 4.74 Å². The van der Waals surface area contributed by atoms with E-state index in [1.807, 2.05) is 13.0 Å². The molecule has 2 unspecified atom stereocenters. The Morgan fingerprint density at radius 3 is 2.93 bits per heavy atom. The monoisotopic (exact) mass is 210 g/mol. The van der Waals surface area contributed by atoms with Gasteiger partial charge in [0.05, 0.1) is 12.2 Å². The summed E-state index contributed by atoms with van der Waals surface area (Å²) in [5, 5.41) is 9.48. The molecule has 1 aromatic carbocycles. The van der Waals surface area contributed by atoms with Crippen LogP contribution in [0.3, 0.4) is 0 Å². The molecular formula is C12H15FO2. The topological polar surface area (TPSA) is 29.5 Å². The summed E-state index contributed by atoms with van der Waals surface area (Å²) in [5.74, 6) is -0.242. The van der Waals surface area contributed by atoms with Crippen LogP contribution in [0.2, 0.25) is 0 Å². The van der Waals surface area contributed by atoms with Crippen molar-refractivity contribution in [3.63, 3.8) is 0 Å². The number of aryl methyl sites for hydroxylation is 1. The molecule has 3 heteroatoms. The molecule has 2 nitrogen and oxygen atoms in total. The first kappa shape index (κ1) is 10.6. The highest BCUT2D eigenvalue weighted by atomic mass is 19.1. The second-order valence-corrected chi connectivity index (χ2v) is 4.06. The van der Waals surface area contributed by atoms with Crippen molar-refractivity contribution in [2.75, 3.05) is 6.61 Å². The molecule has 2 rings (SSSR count). The molecule has 0 aliphatic carbocycles. The van der Waals surface area contributed by atoms with Crippen molar-refractivity contribution >= 4 is 0 Å². The van der Waals surface area contributed by atoms with Gasteiger partial charge in [-0.25, -0.2) is 4.39 Å². The van der Waals surface area contributed by atoms with Gasteiger partial charge in [0.25, 0.3) is 0 Å². The SMILES string of the molecule is Cc1ccc(C2CC(O)CCO2)c(F)c1. The van der Waals surface area contributed by atoms with Crippen LogP contribution in [-0.2, 0) is 4.74 Å².